The van der Waals surface area contributed by atoms with Crippen LogP contribution >= 0.6 is 0 Å². The van der Waals surface area contributed by atoms with Crippen molar-refractivity contribution in [2.45, 2.75) is 12.6 Å². The SMILES string of the molecule is N=N/C(=C\Nc1ccc(C(=O)N2CC[C@H](F)C2)cc1)c1cc2cc(F)ccc2[nH]c1=O. The minimum Gasteiger partial charge on any atom is -0.360 e. The molecule has 4 rings (SSSR count). The maximum atomic E-state index is 13.5. The second-order valence-electron chi connectivity index (χ2n) is 7.24. The van der Waals surface area contributed by atoms with Crippen LogP contribution in [0.5, 0.6) is 0 Å². The van der Waals surface area contributed by atoms with Crippen molar-refractivity contribution in [3.05, 3.63) is 82.0 Å². The van der Waals surface area contributed by atoms with Gasteiger partial charge in [0.2, 0.25) is 0 Å². The van der Waals surface area contributed by atoms with Crippen LogP contribution in [0, 0.1) is 11.3 Å². The minimum absolute atomic E-state index is 0.0543. The van der Waals surface area contributed by atoms with Gasteiger partial charge in [0.05, 0.1) is 12.1 Å². The number of aromatic nitrogens is 1. The van der Waals surface area contributed by atoms with Gasteiger partial charge in [0, 0.05) is 34.9 Å². The van der Waals surface area contributed by atoms with E-state index in [0.717, 1.165) is 0 Å². The average molecular weight is 423 g/mol. The highest BCUT2D eigenvalue weighted by Gasteiger charge is 2.26. The first kappa shape index (κ1) is 20.4. The van der Waals surface area contributed by atoms with Gasteiger partial charge in [0.25, 0.3) is 11.5 Å². The molecule has 0 bridgehead atoms. The Morgan fingerprint density at radius 1 is 1.23 bits per heavy atom. The summed E-state index contributed by atoms with van der Waals surface area (Å²) >= 11 is 0. The number of anilines is 1. The molecule has 0 aliphatic carbocycles. The lowest BCUT2D eigenvalue weighted by Crippen LogP contribution is -2.28. The molecule has 3 N–H and O–H groups in total. The topological polar surface area (TPSA) is 101 Å². The number of nitrogens with one attached hydrogen (secondary N) is 3. The second kappa shape index (κ2) is 8.47. The van der Waals surface area contributed by atoms with E-state index in [1.54, 1.807) is 24.3 Å². The summed E-state index contributed by atoms with van der Waals surface area (Å²) in [6.07, 6.45) is 0.765. The number of fused-ring (bicyclic) bond motifs is 1. The molecule has 1 aliphatic heterocycles. The molecule has 1 aromatic heterocycles. The number of hydrogen-bond acceptors (Lipinski definition) is 5. The number of pyridine rings is 1. The Balaban J connectivity index is 1.53. The van der Waals surface area contributed by atoms with Crippen LogP contribution in [0.3, 0.4) is 0 Å². The van der Waals surface area contributed by atoms with Gasteiger partial charge in [-0.2, -0.15) is 5.11 Å². The molecule has 0 spiro atoms. The third kappa shape index (κ3) is 4.35. The van der Waals surface area contributed by atoms with Gasteiger partial charge in [-0.1, -0.05) is 0 Å². The summed E-state index contributed by atoms with van der Waals surface area (Å²) in [5, 5.41) is 6.82. The molecule has 0 saturated carbocycles. The number of nitrogens with zero attached hydrogens (tertiary/aromatic N) is 2. The Morgan fingerprint density at radius 2 is 2.00 bits per heavy atom. The van der Waals surface area contributed by atoms with Crippen molar-refractivity contribution in [3.63, 3.8) is 0 Å². The van der Waals surface area contributed by atoms with Gasteiger partial charge in [-0.25, -0.2) is 14.3 Å². The number of carbonyl (C=O) groups excluding carboxylic acids is 1. The van der Waals surface area contributed by atoms with Gasteiger partial charge in [-0.05, 0) is 55.0 Å². The smallest absolute Gasteiger partial charge is 0.258 e. The third-order valence-corrected chi connectivity index (χ3v) is 5.13. The first-order valence-corrected chi connectivity index (χ1v) is 9.65. The first-order valence-electron chi connectivity index (χ1n) is 9.65. The quantitative estimate of drug-likeness (QED) is 0.534. The van der Waals surface area contributed by atoms with Crippen LogP contribution in [0.1, 0.15) is 22.3 Å². The van der Waals surface area contributed by atoms with E-state index >= 15 is 0 Å². The average Bonchev–Trinajstić information content (AvgIpc) is 3.21. The van der Waals surface area contributed by atoms with Crippen LogP contribution < -0.4 is 10.9 Å². The van der Waals surface area contributed by atoms with Crippen molar-refractivity contribution < 1.29 is 13.6 Å². The fourth-order valence-electron chi connectivity index (χ4n) is 3.48. The molecule has 1 aliphatic rings. The van der Waals surface area contributed by atoms with E-state index in [1.165, 1.54) is 35.4 Å². The standard InChI is InChI=1S/C22H19F2N5O2/c23-15-3-6-19-14(9-15)10-18(21(30)27-19)20(28-25)11-26-17-4-1-13(2-5-17)22(31)29-8-7-16(24)12-29/h1-6,9-11,16,25-26H,7-8,12H2,(H,27,30)/b20-11-,28-25?/t16-/m0/s1. The summed E-state index contributed by atoms with van der Waals surface area (Å²) in [7, 11) is 0. The fraction of sp³-hybridized carbons (Fsp3) is 0.182. The van der Waals surface area contributed by atoms with E-state index in [0.29, 0.717) is 35.1 Å². The summed E-state index contributed by atoms with van der Waals surface area (Å²) < 4.78 is 26.8. The number of aromatic amines is 1. The maximum absolute atomic E-state index is 13.5. The number of hydrogen-bond donors (Lipinski definition) is 3. The zero-order valence-corrected chi connectivity index (χ0v) is 16.4. The lowest BCUT2D eigenvalue weighted by molar-refractivity contribution is 0.0783. The number of likely N-dealkylation sites (tertiary alicyclic amines) is 1. The Labute approximate surface area is 175 Å². The number of carbonyl (C=O) groups is 1. The molecule has 0 unspecified atom stereocenters. The lowest BCUT2D eigenvalue weighted by atomic mass is 10.1. The van der Waals surface area contributed by atoms with Crippen molar-refractivity contribution >= 4 is 28.2 Å². The third-order valence-electron chi connectivity index (χ3n) is 5.13. The molecule has 1 atom stereocenters. The van der Waals surface area contributed by atoms with Crippen LogP contribution in [0.4, 0.5) is 14.5 Å². The molecule has 3 aromatic rings. The highest BCUT2D eigenvalue weighted by Crippen LogP contribution is 2.20. The fourth-order valence-corrected chi connectivity index (χ4v) is 3.48. The van der Waals surface area contributed by atoms with Crippen molar-refractivity contribution in [2.24, 2.45) is 5.11 Å². The Hall–Kier alpha value is -3.88. The van der Waals surface area contributed by atoms with Crippen LogP contribution in [0.25, 0.3) is 16.6 Å². The number of benzene rings is 2. The number of halogens is 2. The number of H-pyrrole nitrogens is 1. The molecule has 1 saturated heterocycles. The van der Waals surface area contributed by atoms with E-state index in [1.807, 2.05) is 0 Å². The number of rotatable bonds is 5. The molecule has 2 aromatic carbocycles. The lowest BCUT2D eigenvalue weighted by Gasteiger charge is -2.15. The van der Waals surface area contributed by atoms with Crippen LogP contribution in [0.15, 0.2) is 64.6 Å². The van der Waals surface area contributed by atoms with Gasteiger partial charge in [-0.15, -0.1) is 0 Å². The molecular formula is C22H19F2N5O2. The highest BCUT2D eigenvalue weighted by molar-refractivity contribution is 5.94. The van der Waals surface area contributed by atoms with Gasteiger partial charge in [0.1, 0.15) is 17.7 Å². The molecule has 1 fully saturated rings. The number of amides is 1. The van der Waals surface area contributed by atoms with Crippen molar-refractivity contribution in [1.82, 2.24) is 9.88 Å². The van der Waals surface area contributed by atoms with E-state index < -0.39 is 17.5 Å². The molecule has 7 nitrogen and oxygen atoms in total. The molecule has 9 heteroatoms. The van der Waals surface area contributed by atoms with E-state index in [9.17, 15) is 18.4 Å². The Morgan fingerprint density at radius 3 is 2.68 bits per heavy atom. The van der Waals surface area contributed by atoms with Crippen molar-refractivity contribution in [2.75, 3.05) is 18.4 Å². The van der Waals surface area contributed by atoms with Gasteiger partial charge >= 0.3 is 0 Å². The molecule has 158 valence electrons. The van der Waals surface area contributed by atoms with Crippen molar-refractivity contribution in [1.29, 1.82) is 5.53 Å². The molecule has 0 radical (unpaired) electrons. The summed E-state index contributed by atoms with van der Waals surface area (Å²) in [5.74, 6) is -0.665. The molecule has 2 heterocycles. The second-order valence-corrected chi connectivity index (χ2v) is 7.24. The van der Waals surface area contributed by atoms with Crippen LogP contribution in [-0.4, -0.2) is 35.1 Å². The largest absolute Gasteiger partial charge is 0.360 e. The van der Waals surface area contributed by atoms with Gasteiger partial charge in [0.15, 0.2) is 0 Å². The summed E-state index contributed by atoms with van der Waals surface area (Å²) in [6.45, 7) is 0.515. The Bertz CT molecular complexity index is 1240. The van der Waals surface area contributed by atoms with Crippen LogP contribution in [-0.2, 0) is 0 Å². The number of alkyl halides is 1. The highest BCUT2D eigenvalue weighted by atomic mass is 19.1. The van der Waals surface area contributed by atoms with E-state index in [4.69, 9.17) is 5.53 Å². The van der Waals surface area contributed by atoms with E-state index in [-0.39, 0.29) is 23.7 Å². The normalized spacial score (nSPS) is 16.5. The zero-order valence-electron chi connectivity index (χ0n) is 16.4. The zero-order chi connectivity index (χ0) is 22.0. The summed E-state index contributed by atoms with van der Waals surface area (Å²) in [4.78, 5) is 28.9. The first-order chi connectivity index (χ1) is 14.9. The predicted octanol–water partition coefficient (Wildman–Crippen LogP) is 4.29. The van der Waals surface area contributed by atoms with E-state index in [2.05, 4.69) is 15.4 Å². The molecule has 31 heavy (non-hydrogen) atoms. The summed E-state index contributed by atoms with van der Waals surface area (Å²) in [6, 6.07) is 12.0. The van der Waals surface area contributed by atoms with Gasteiger partial charge < -0.3 is 15.2 Å². The maximum Gasteiger partial charge on any atom is 0.258 e. The van der Waals surface area contributed by atoms with Crippen LogP contribution in [0.2, 0.25) is 0 Å². The van der Waals surface area contributed by atoms with Crippen molar-refractivity contribution in [3.8, 4) is 0 Å². The molecular weight excluding hydrogens is 404 g/mol. The minimum atomic E-state index is -0.975. The Kier molecular flexibility index (Phi) is 5.57. The summed E-state index contributed by atoms with van der Waals surface area (Å²) in [5.41, 5.74) is 8.66. The molecule has 1 amide bonds. The monoisotopic (exact) mass is 423 g/mol. The predicted molar refractivity (Wildman–Crippen MR) is 113 cm³/mol. The van der Waals surface area contributed by atoms with Gasteiger partial charge in [-0.3, -0.25) is 9.59 Å².